The summed E-state index contributed by atoms with van der Waals surface area (Å²) in [6.45, 7) is 4.71. The summed E-state index contributed by atoms with van der Waals surface area (Å²) >= 11 is 0. The second-order valence-electron chi connectivity index (χ2n) is 8.37. The first-order valence-corrected chi connectivity index (χ1v) is 13.0. The van der Waals surface area contributed by atoms with Gasteiger partial charge in [0, 0.05) is 32.6 Å². The third-order valence-corrected chi connectivity index (χ3v) is 7.78. The molecular weight excluding hydrogens is 470 g/mol. The zero-order valence-corrected chi connectivity index (χ0v) is 21.0. The number of rotatable bonds is 8. The highest BCUT2D eigenvalue weighted by atomic mass is 32.2. The maximum Gasteiger partial charge on any atom is 0.261 e. The number of piperazine rings is 1. The van der Waals surface area contributed by atoms with Crippen LogP contribution in [0.2, 0.25) is 0 Å². The molecule has 1 unspecified atom stereocenters. The monoisotopic (exact) mass is 501 g/mol. The van der Waals surface area contributed by atoms with E-state index in [1.54, 1.807) is 35.2 Å². The lowest BCUT2D eigenvalue weighted by Crippen LogP contribution is -2.57. The van der Waals surface area contributed by atoms with Crippen molar-refractivity contribution >= 4 is 27.6 Å². The van der Waals surface area contributed by atoms with Gasteiger partial charge in [-0.2, -0.15) is 0 Å². The van der Waals surface area contributed by atoms with Gasteiger partial charge in [0.1, 0.15) is 5.75 Å². The molecule has 1 aliphatic rings. The van der Waals surface area contributed by atoms with E-state index in [1.807, 2.05) is 13.8 Å². The Morgan fingerprint density at radius 1 is 0.971 bits per heavy atom. The minimum atomic E-state index is -4.27. The van der Waals surface area contributed by atoms with Crippen LogP contribution in [0.5, 0.6) is 5.75 Å². The maximum absolute atomic E-state index is 13.5. The number of ether oxygens (including phenoxy) is 1. The lowest BCUT2D eigenvalue weighted by Gasteiger charge is -2.36. The molecule has 1 heterocycles. The van der Waals surface area contributed by atoms with E-state index < -0.39 is 27.0 Å². The number of nitrogens with one attached hydrogen (secondary N) is 1. The molecular formula is C25H31N3O6S. The third kappa shape index (κ3) is 6.00. The molecule has 3 rings (SSSR count). The van der Waals surface area contributed by atoms with E-state index in [4.69, 9.17) is 4.74 Å². The molecule has 1 saturated heterocycles. The first-order valence-electron chi connectivity index (χ1n) is 11.5. The van der Waals surface area contributed by atoms with Crippen LogP contribution in [-0.2, 0) is 19.4 Å². The summed E-state index contributed by atoms with van der Waals surface area (Å²) in [5, 5.41) is 0.601. The Balaban J connectivity index is 1.89. The van der Waals surface area contributed by atoms with E-state index in [0.29, 0.717) is 19.5 Å². The Bertz CT molecular complexity index is 1170. The average Bonchev–Trinajstić information content (AvgIpc) is 2.87. The van der Waals surface area contributed by atoms with Crippen LogP contribution in [-0.4, -0.2) is 74.6 Å². The van der Waals surface area contributed by atoms with Gasteiger partial charge in [-0.1, -0.05) is 36.8 Å². The predicted octanol–water partition coefficient (Wildman–Crippen LogP) is 2.00. The number of carbonyl (C=O) groups is 3. The number of hydrogen-bond acceptors (Lipinski definition) is 6. The lowest BCUT2D eigenvalue weighted by atomic mass is 10.2. The molecule has 10 heteroatoms. The quantitative estimate of drug-likeness (QED) is 0.592. The normalized spacial score (nSPS) is 14.8. The summed E-state index contributed by atoms with van der Waals surface area (Å²) in [5.41, 5.74) is 0.972. The fraction of sp³-hybridized carbons (Fsp3) is 0.400. The summed E-state index contributed by atoms with van der Waals surface area (Å²) in [7, 11) is -2.87. The van der Waals surface area contributed by atoms with Crippen molar-refractivity contribution in [1.29, 1.82) is 0 Å². The van der Waals surface area contributed by atoms with E-state index in [0.717, 1.165) is 12.0 Å². The molecule has 0 saturated carbocycles. The molecule has 3 amide bonds. The third-order valence-electron chi connectivity index (χ3n) is 5.91. The summed E-state index contributed by atoms with van der Waals surface area (Å²) in [4.78, 5) is 41.8. The number of nitrogens with zero attached hydrogens (tertiary/aromatic N) is 2. The van der Waals surface area contributed by atoms with Crippen LogP contribution in [0.3, 0.4) is 0 Å². The van der Waals surface area contributed by atoms with Crippen molar-refractivity contribution in [2.24, 2.45) is 0 Å². The Labute approximate surface area is 206 Å². The highest BCUT2D eigenvalue weighted by Gasteiger charge is 2.39. The van der Waals surface area contributed by atoms with Crippen molar-refractivity contribution in [1.82, 2.24) is 15.1 Å². The number of methoxy groups -OCH3 is 1. The summed E-state index contributed by atoms with van der Waals surface area (Å²) in [5.74, 6) is -1.22. The second kappa shape index (κ2) is 11.4. The summed E-state index contributed by atoms with van der Waals surface area (Å²) < 4.78 is 32.3. The predicted molar refractivity (Wildman–Crippen MR) is 131 cm³/mol. The van der Waals surface area contributed by atoms with Crippen molar-refractivity contribution in [2.75, 3.05) is 33.3 Å². The highest BCUT2D eigenvalue weighted by Crippen LogP contribution is 2.21. The van der Waals surface area contributed by atoms with Gasteiger partial charge in [0.15, 0.2) is 0 Å². The van der Waals surface area contributed by atoms with Crippen molar-refractivity contribution in [3.05, 3.63) is 59.7 Å². The molecule has 9 nitrogen and oxygen atoms in total. The van der Waals surface area contributed by atoms with Gasteiger partial charge in [-0.05, 0) is 37.6 Å². The van der Waals surface area contributed by atoms with Crippen molar-refractivity contribution in [3.63, 3.8) is 0 Å². The smallest absolute Gasteiger partial charge is 0.261 e. The molecule has 35 heavy (non-hydrogen) atoms. The fourth-order valence-corrected chi connectivity index (χ4v) is 5.34. The zero-order chi connectivity index (χ0) is 25.6. The van der Waals surface area contributed by atoms with Gasteiger partial charge in [0.05, 0.1) is 17.6 Å². The molecule has 2 aromatic carbocycles. The van der Waals surface area contributed by atoms with Gasteiger partial charge in [-0.15, -0.1) is 0 Å². The maximum atomic E-state index is 13.5. The Hall–Kier alpha value is -3.40. The van der Waals surface area contributed by atoms with Crippen LogP contribution in [0.25, 0.3) is 0 Å². The average molecular weight is 502 g/mol. The molecule has 0 aliphatic carbocycles. The van der Waals surface area contributed by atoms with Crippen LogP contribution in [0, 0.1) is 6.92 Å². The molecule has 1 aliphatic heterocycles. The summed E-state index contributed by atoms with van der Waals surface area (Å²) in [6, 6.07) is 12.5. The van der Waals surface area contributed by atoms with E-state index in [9.17, 15) is 22.8 Å². The van der Waals surface area contributed by atoms with Crippen molar-refractivity contribution < 1.29 is 27.5 Å². The number of aryl methyl sites for hydroxylation is 1. The molecule has 1 N–H and O–H groups in total. The van der Waals surface area contributed by atoms with E-state index in [-0.39, 0.29) is 35.2 Å². The summed E-state index contributed by atoms with van der Waals surface area (Å²) in [6.07, 6.45) is 1.15. The first-order chi connectivity index (χ1) is 16.7. The van der Waals surface area contributed by atoms with Crippen LogP contribution in [0.4, 0.5) is 0 Å². The molecule has 0 radical (unpaired) electrons. The van der Waals surface area contributed by atoms with E-state index in [2.05, 4.69) is 5.32 Å². The van der Waals surface area contributed by atoms with Gasteiger partial charge in [-0.25, -0.2) is 8.42 Å². The van der Waals surface area contributed by atoms with E-state index >= 15 is 0 Å². The Morgan fingerprint density at radius 3 is 2.17 bits per heavy atom. The van der Waals surface area contributed by atoms with Gasteiger partial charge in [0.2, 0.25) is 21.1 Å². The highest BCUT2D eigenvalue weighted by molar-refractivity contribution is 7.92. The Morgan fingerprint density at radius 2 is 1.57 bits per heavy atom. The fourth-order valence-electron chi connectivity index (χ4n) is 3.88. The minimum Gasteiger partial charge on any atom is -0.496 e. The standard InChI is InChI=1S/C25H31N3O6S/c1-4-7-22(29)27-14-16-28(17-15-27)25(31)24(35(32,33)19-12-10-18(2)11-13-19)26-23(30)20-8-5-6-9-21(20)34-3/h5-6,8-13,24H,4,7,14-17H2,1-3H3,(H,26,30). The first kappa shape index (κ1) is 26.2. The molecule has 1 atom stereocenters. The van der Waals surface area contributed by atoms with Crippen LogP contribution >= 0.6 is 0 Å². The van der Waals surface area contributed by atoms with E-state index in [1.165, 1.54) is 30.2 Å². The van der Waals surface area contributed by atoms with Crippen molar-refractivity contribution in [2.45, 2.75) is 37.0 Å². The molecule has 188 valence electrons. The van der Waals surface area contributed by atoms with Gasteiger partial charge in [0.25, 0.3) is 11.8 Å². The Kier molecular flexibility index (Phi) is 8.50. The largest absolute Gasteiger partial charge is 0.496 e. The second-order valence-corrected chi connectivity index (χ2v) is 10.4. The van der Waals surface area contributed by atoms with Crippen molar-refractivity contribution in [3.8, 4) is 5.75 Å². The number of para-hydroxylation sites is 1. The molecule has 0 bridgehead atoms. The molecule has 2 aromatic rings. The SMILES string of the molecule is CCCC(=O)N1CCN(C(=O)C(NC(=O)c2ccccc2OC)S(=O)(=O)c2ccc(C)cc2)CC1. The van der Waals surface area contributed by atoms with Gasteiger partial charge in [-0.3, -0.25) is 14.4 Å². The number of hydrogen-bond donors (Lipinski definition) is 1. The number of sulfone groups is 1. The minimum absolute atomic E-state index is 0.00732. The van der Waals surface area contributed by atoms with Gasteiger partial charge >= 0.3 is 0 Å². The molecule has 0 spiro atoms. The van der Waals surface area contributed by atoms with Crippen LogP contribution in [0.15, 0.2) is 53.4 Å². The van der Waals surface area contributed by atoms with Gasteiger partial charge < -0.3 is 19.9 Å². The number of benzene rings is 2. The molecule has 0 aromatic heterocycles. The van der Waals surface area contributed by atoms with Crippen LogP contribution in [0.1, 0.15) is 35.7 Å². The zero-order valence-electron chi connectivity index (χ0n) is 20.2. The lowest BCUT2D eigenvalue weighted by molar-refractivity contribution is -0.139. The topological polar surface area (TPSA) is 113 Å². The number of carbonyl (C=O) groups excluding carboxylic acids is 3. The number of amides is 3. The molecule has 1 fully saturated rings. The van der Waals surface area contributed by atoms with Crippen LogP contribution < -0.4 is 10.1 Å².